The molecule has 0 radical (unpaired) electrons. The number of hydrogen-bond donors (Lipinski definition) is 2. The van der Waals surface area contributed by atoms with Crippen LogP contribution >= 0.6 is 0 Å². The lowest BCUT2D eigenvalue weighted by Gasteiger charge is -2.14. The zero-order valence-electron chi connectivity index (χ0n) is 15.3. The zero-order chi connectivity index (χ0) is 19.3. The smallest absolute Gasteiger partial charge is 0.240 e. The molecule has 140 valence electrons. The van der Waals surface area contributed by atoms with Gasteiger partial charge in [-0.05, 0) is 26.0 Å². The number of anilines is 2. The third-order valence-electron chi connectivity index (χ3n) is 3.57. The SMILES string of the molecule is CC(=O)c1ccc(S(=O)(=O)NCCNc2nc(C)cc(N(C)C)n2)cc1. The fourth-order valence-corrected chi connectivity index (χ4v) is 3.20. The second-order valence-electron chi connectivity index (χ2n) is 5.99. The lowest BCUT2D eigenvalue weighted by atomic mass is 10.2. The molecular weight excluding hydrogens is 354 g/mol. The van der Waals surface area contributed by atoms with Crippen LogP contribution in [0.4, 0.5) is 11.8 Å². The zero-order valence-corrected chi connectivity index (χ0v) is 16.1. The van der Waals surface area contributed by atoms with Gasteiger partial charge in [-0.3, -0.25) is 4.79 Å². The molecule has 0 saturated heterocycles. The molecule has 0 amide bonds. The van der Waals surface area contributed by atoms with E-state index in [0.29, 0.717) is 18.1 Å². The summed E-state index contributed by atoms with van der Waals surface area (Å²) < 4.78 is 27.0. The van der Waals surface area contributed by atoms with Gasteiger partial charge in [-0.15, -0.1) is 0 Å². The highest BCUT2D eigenvalue weighted by Crippen LogP contribution is 2.12. The Balaban J connectivity index is 1.93. The van der Waals surface area contributed by atoms with E-state index in [0.717, 1.165) is 11.5 Å². The van der Waals surface area contributed by atoms with Gasteiger partial charge in [0.25, 0.3) is 0 Å². The molecule has 2 rings (SSSR count). The first-order chi connectivity index (χ1) is 12.2. The molecule has 9 heteroatoms. The van der Waals surface area contributed by atoms with Crippen LogP contribution in [0.5, 0.6) is 0 Å². The van der Waals surface area contributed by atoms with Crippen molar-refractivity contribution in [3.05, 3.63) is 41.6 Å². The number of nitrogens with zero attached hydrogens (tertiary/aromatic N) is 3. The molecule has 0 saturated carbocycles. The lowest BCUT2D eigenvalue weighted by molar-refractivity contribution is 0.101. The first-order valence-corrected chi connectivity index (χ1v) is 9.55. The molecule has 26 heavy (non-hydrogen) atoms. The Morgan fingerprint density at radius 3 is 2.35 bits per heavy atom. The maximum atomic E-state index is 12.3. The largest absolute Gasteiger partial charge is 0.363 e. The summed E-state index contributed by atoms with van der Waals surface area (Å²) in [5.74, 6) is 1.10. The first-order valence-electron chi connectivity index (χ1n) is 8.06. The van der Waals surface area contributed by atoms with Crippen LogP contribution in [0.25, 0.3) is 0 Å². The molecule has 2 N–H and O–H groups in total. The molecule has 0 unspecified atom stereocenters. The Bertz CT molecular complexity index is 880. The Labute approximate surface area is 153 Å². The van der Waals surface area contributed by atoms with E-state index >= 15 is 0 Å². The van der Waals surface area contributed by atoms with E-state index in [-0.39, 0.29) is 17.2 Å². The third kappa shape index (κ3) is 5.24. The van der Waals surface area contributed by atoms with Gasteiger partial charge >= 0.3 is 0 Å². The van der Waals surface area contributed by atoms with Crippen molar-refractivity contribution in [3.8, 4) is 0 Å². The predicted molar refractivity (Wildman–Crippen MR) is 101 cm³/mol. The van der Waals surface area contributed by atoms with Crippen LogP contribution in [0, 0.1) is 6.92 Å². The molecule has 1 heterocycles. The van der Waals surface area contributed by atoms with Crippen LogP contribution in [0.1, 0.15) is 23.0 Å². The van der Waals surface area contributed by atoms with Crippen LogP contribution in [0.15, 0.2) is 35.2 Å². The molecule has 0 bridgehead atoms. The summed E-state index contributed by atoms with van der Waals surface area (Å²) in [4.78, 5) is 21.9. The summed E-state index contributed by atoms with van der Waals surface area (Å²) in [5, 5.41) is 3.01. The van der Waals surface area contributed by atoms with Gasteiger partial charge in [-0.1, -0.05) is 12.1 Å². The Kier molecular flexibility index (Phi) is 6.27. The van der Waals surface area contributed by atoms with Crippen molar-refractivity contribution >= 4 is 27.6 Å². The number of Topliss-reactive ketones (excluding diaryl/α,β-unsaturated/α-hetero) is 1. The van der Waals surface area contributed by atoms with E-state index < -0.39 is 10.0 Å². The molecule has 1 aromatic carbocycles. The molecular formula is C17H23N5O3S. The minimum atomic E-state index is -3.64. The average molecular weight is 377 g/mol. The topological polar surface area (TPSA) is 104 Å². The molecule has 0 atom stereocenters. The first kappa shape index (κ1) is 19.8. The second kappa shape index (κ2) is 8.24. The maximum absolute atomic E-state index is 12.3. The lowest BCUT2D eigenvalue weighted by Crippen LogP contribution is -2.29. The van der Waals surface area contributed by atoms with Gasteiger partial charge in [0.1, 0.15) is 5.82 Å². The molecule has 0 aliphatic heterocycles. The van der Waals surface area contributed by atoms with Crippen molar-refractivity contribution in [2.75, 3.05) is 37.4 Å². The van der Waals surface area contributed by atoms with E-state index in [1.54, 1.807) is 0 Å². The molecule has 1 aromatic heterocycles. The molecule has 2 aromatic rings. The predicted octanol–water partition coefficient (Wildman–Crippen LogP) is 1.44. The summed E-state index contributed by atoms with van der Waals surface area (Å²) in [6.45, 7) is 3.81. The van der Waals surface area contributed by atoms with Crippen LogP contribution < -0.4 is 14.9 Å². The van der Waals surface area contributed by atoms with E-state index in [9.17, 15) is 13.2 Å². The Hall–Kier alpha value is -2.52. The quantitative estimate of drug-likeness (QED) is 0.530. The maximum Gasteiger partial charge on any atom is 0.240 e. The Morgan fingerprint density at radius 1 is 1.12 bits per heavy atom. The Morgan fingerprint density at radius 2 is 1.77 bits per heavy atom. The fourth-order valence-electron chi connectivity index (χ4n) is 2.17. The van der Waals surface area contributed by atoms with E-state index in [4.69, 9.17) is 0 Å². The standard InChI is InChI=1S/C17H23N5O3S/c1-12-11-16(22(3)4)21-17(20-12)18-9-10-19-26(24,25)15-7-5-14(6-8-15)13(2)23/h5-8,11,19H,9-10H2,1-4H3,(H,18,20,21). The minimum Gasteiger partial charge on any atom is -0.363 e. The van der Waals surface area contributed by atoms with Crippen LogP contribution in [0.2, 0.25) is 0 Å². The molecule has 0 fully saturated rings. The fraction of sp³-hybridized carbons (Fsp3) is 0.353. The van der Waals surface area contributed by atoms with Crippen molar-refractivity contribution in [1.82, 2.24) is 14.7 Å². The molecule has 0 aliphatic rings. The summed E-state index contributed by atoms with van der Waals surface area (Å²) in [7, 11) is 0.135. The van der Waals surface area contributed by atoms with Gasteiger partial charge in [0.05, 0.1) is 4.90 Å². The number of hydrogen-bond acceptors (Lipinski definition) is 7. The van der Waals surface area contributed by atoms with Crippen LogP contribution in [0.3, 0.4) is 0 Å². The summed E-state index contributed by atoms with van der Waals surface area (Å²) in [6.07, 6.45) is 0. The van der Waals surface area contributed by atoms with Crippen molar-refractivity contribution < 1.29 is 13.2 Å². The highest BCUT2D eigenvalue weighted by atomic mass is 32.2. The summed E-state index contributed by atoms with van der Waals surface area (Å²) >= 11 is 0. The van der Waals surface area contributed by atoms with Gasteiger partial charge in [0.15, 0.2) is 5.78 Å². The number of carbonyl (C=O) groups is 1. The average Bonchev–Trinajstić information content (AvgIpc) is 2.58. The van der Waals surface area contributed by atoms with Crippen molar-refractivity contribution in [2.45, 2.75) is 18.7 Å². The van der Waals surface area contributed by atoms with Crippen LogP contribution in [-0.2, 0) is 10.0 Å². The van der Waals surface area contributed by atoms with E-state index in [2.05, 4.69) is 20.0 Å². The number of ketones is 1. The normalized spacial score (nSPS) is 11.2. The monoisotopic (exact) mass is 377 g/mol. The second-order valence-corrected chi connectivity index (χ2v) is 7.76. The van der Waals surface area contributed by atoms with Gasteiger partial charge in [-0.2, -0.15) is 4.98 Å². The highest BCUT2D eigenvalue weighted by molar-refractivity contribution is 7.89. The number of nitrogens with one attached hydrogen (secondary N) is 2. The molecule has 0 spiro atoms. The van der Waals surface area contributed by atoms with Gasteiger partial charge in [-0.25, -0.2) is 18.1 Å². The van der Waals surface area contributed by atoms with E-state index in [1.165, 1.54) is 31.2 Å². The number of sulfonamides is 1. The minimum absolute atomic E-state index is 0.110. The number of aryl methyl sites for hydroxylation is 1. The van der Waals surface area contributed by atoms with E-state index in [1.807, 2.05) is 32.0 Å². The number of rotatable bonds is 8. The van der Waals surface area contributed by atoms with Gasteiger partial charge < -0.3 is 10.2 Å². The summed E-state index contributed by atoms with van der Waals surface area (Å²) in [5.41, 5.74) is 1.29. The summed E-state index contributed by atoms with van der Waals surface area (Å²) in [6, 6.07) is 7.69. The molecule has 8 nitrogen and oxygen atoms in total. The van der Waals surface area contributed by atoms with Crippen molar-refractivity contribution in [2.24, 2.45) is 0 Å². The van der Waals surface area contributed by atoms with Crippen LogP contribution in [-0.4, -0.2) is 51.4 Å². The highest BCUT2D eigenvalue weighted by Gasteiger charge is 2.13. The van der Waals surface area contributed by atoms with Gasteiger partial charge in [0.2, 0.25) is 16.0 Å². The number of benzene rings is 1. The number of aromatic nitrogens is 2. The number of carbonyl (C=O) groups excluding carboxylic acids is 1. The molecule has 0 aliphatic carbocycles. The van der Waals surface area contributed by atoms with Gasteiger partial charge in [0, 0.05) is 44.5 Å². The third-order valence-corrected chi connectivity index (χ3v) is 5.05. The van der Waals surface area contributed by atoms with Crippen molar-refractivity contribution in [3.63, 3.8) is 0 Å². The van der Waals surface area contributed by atoms with Crippen molar-refractivity contribution in [1.29, 1.82) is 0 Å².